The van der Waals surface area contributed by atoms with Gasteiger partial charge in [-0.3, -0.25) is 4.79 Å². The number of halogens is 1. The Kier molecular flexibility index (Phi) is 6.93. The van der Waals surface area contributed by atoms with Crippen LogP contribution in [0, 0.1) is 0 Å². The molecule has 180 valence electrons. The number of fused-ring (bicyclic) bond motifs is 1. The number of para-hydroxylation sites is 1. The Bertz CT molecular complexity index is 1530. The highest BCUT2D eigenvalue weighted by Crippen LogP contribution is 2.34. The van der Waals surface area contributed by atoms with Crippen molar-refractivity contribution in [1.29, 1.82) is 0 Å². The molecule has 8 nitrogen and oxygen atoms in total. The number of hydrogen-bond donors (Lipinski definition) is 3. The molecule has 0 fully saturated rings. The van der Waals surface area contributed by atoms with Crippen LogP contribution in [0.5, 0.6) is 5.75 Å². The molecule has 0 unspecified atom stereocenters. The number of aromatic amines is 1. The molecule has 0 bridgehead atoms. The molecular formula is C25H21ClN2O6S. The highest BCUT2D eigenvalue weighted by molar-refractivity contribution is 7.89. The van der Waals surface area contributed by atoms with Crippen molar-refractivity contribution in [2.75, 3.05) is 13.7 Å². The second kappa shape index (κ2) is 9.91. The van der Waals surface area contributed by atoms with Gasteiger partial charge in [-0.15, -0.1) is 0 Å². The zero-order valence-electron chi connectivity index (χ0n) is 18.5. The van der Waals surface area contributed by atoms with Crippen LogP contribution in [0.1, 0.15) is 15.9 Å². The van der Waals surface area contributed by atoms with Crippen LogP contribution >= 0.6 is 11.6 Å². The van der Waals surface area contributed by atoms with Gasteiger partial charge in [-0.25, -0.2) is 17.9 Å². The van der Waals surface area contributed by atoms with Crippen LogP contribution in [0.3, 0.4) is 0 Å². The van der Waals surface area contributed by atoms with Crippen LogP contribution in [0.25, 0.3) is 22.2 Å². The number of rotatable bonds is 9. The first-order chi connectivity index (χ1) is 16.7. The molecule has 0 saturated heterocycles. The number of aliphatic carboxylic acids is 1. The monoisotopic (exact) mass is 512 g/mol. The highest BCUT2D eigenvalue weighted by Gasteiger charge is 2.26. The number of ketones is 1. The number of carboxylic acids is 1. The third kappa shape index (κ3) is 5.07. The van der Waals surface area contributed by atoms with Crippen molar-refractivity contribution in [3.05, 3.63) is 82.9 Å². The fourth-order valence-electron chi connectivity index (χ4n) is 3.77. The summed E-state index contributed by atoms with van der Waals surface area (Å²) in [6.45, 7) is 0.129. The summed E-state index contributed by atoms with van der Waals surface area (Å²) in [7, 11) is -2.44. The maximum absolute atomic E-state index is 13.0. The lowest BCUT2D eigenvalue weighted by atomic mass is 10.0. The Morgan fingerprint density at radius 2 is 1.77 bits per heavy atom. The molecule has 0 amide bonds. The van der Waals surface area contributed by atoms with Crippen molar-refractivity contribution >= 4 is 44.3 Å². The fourth-order valence-corrected chi connectivity index (χ4v) is 5.32. The van der Waals surface area contributed by atoms with E-state index in [9.17, 15) is 23.1 Å². The number of methoxy groups -OCH3 is 1. The lowest BCUT2D eigenvalue weighted by Gasteiger charge is -2.11. The maximum Gasteiger partial charge on any atom is 0.377 e. The SMILES string of the molecule is COc1ccc(CCNS(=O)(=O)c2cc(-c3[nH]c4ccccc4c3C(=O)C(=O)O)ccc2Cl)cc1. The molecule has 0 aliphatic heterocycles. The van der Waals surface area contributed by atoms with Gasteiger partial charge in [-0.1, -0.05) is 48.0 Å². The van der Waals surface area contributed by atoms with Crippen molar-refractivity contribution in [2.24, 2.45) is 0 Å². The van der Waals surface area contributed by atoms with E-state index in [1.165, 1.54) is 18.2 Å². The van der Waals surface area contributed by atoms with Gasteiger partial charge in [0.25, 0.3) is 5.78 Å². The van der Waals surface area contributed by atoms with E-state index in [0.717, 1.165) is 5.56 Å². The number of Topliss-reactive ketones (excluding diaryl/α,β-unsaturated/α-hetero) is 1. The minimum absolute atomic E-state index is 0.00656. The Balaban J connectivity index is 1.66. The van der Waals surface area contributed by atoms with E-state index < -0.39 is 21.8 Å². The number of sulfonamides is 1. The molecule has 3 N–H and O–H groups in total. The summed E-state index contributed by atoms with van der Waals surface area (Å²) >= 11 is 6.22. The average molecular weight is 513 g/mol. The Morgan fingerprint density at radius 1 is 1.06 bits per heavy atom. The lowest BCUT2D eigenvalue weighted by Crippen LogP contribution is -2.26. The molecule has 0 spiro atoms. The molecule has 0 saturated carbocycles. The van der Waals surface area contributed by atoms with Gasteiger partial charge in [0.1, 0.15) is 10.6 Å². The van der Waals surface area contributed by atoms with E-state index in [1.54, 1.807) is 43.5 Å². The van der Waals surface area contributed by atoms with Gasteiger partial charge < -0.3 is 14.8 Å². The molecule has 4 aromatic rings. The van der Waals surface area contributed by atoms with E-state index >= 15 is 0 Å². The average Bonchev–Trinajstić information content (AvgIpc) is 3.23. The number of carbonyl (C=O) groups excluding carboxylic acids is 1. The van der Waals surface area contributed by atoms with Gasteiger partial charge in [0.2, 0.25) is 10.0 Å². The summed E-state index contributed by atoms with van der Waals surface area (Å²) in [5.41, 5.74) is 1.93. The van der Waals surface area contributed by atoms with Gasteiger partial charge in [0, 0.05) is 23.0 Å². The third-order valence-corrected chi connectivity index (χ3v) is 7.44. The number of aromatic nitrogens is 1. The van der Waals surface area contributed by atoms with E-state index in [4.69, 9.17) is 16.3 Å². The van der Waals surface area contributed by atoms with E-state index in [2.05, 4.69) is 9.71 Å². The van der Waals surface area contributed by atoms with Gasteiger partial charge in [0.15, 0.2) is 0 Å². The molecule has 0 aliphatic carbocycles. The summed E-state index contributed by atoms with van der Waals surface area (Å²) in [5, 5.41) is 9.75. The summed E-state index contributed by atoms with van der Waals surface area (Å²) < 4.78 is 33.7. The summed E-state index contributed by atoms with van der Waals surface area (Å²) in [5.74, 6) is -2.01. The third-order valence-electron chi connectivity index (χ3n) is 5.50. The molecule has 4 rings (SSSR count). The number of H-pyrrole nitrogens is 1. The normalized spacial score (nSPS) is 11.5. The molecule has 0 aliphatic rings. The van der Waals surface area contributed by atoms with Gasteiger partial charge >= 0.3 is 5.97 Å². The molecule has 3 aromatic carbocycles. The quantitative estimate of drug-likeness (QED) is 0.227. The van der Waals surface area contributed by atoms with Gasteiger partial charge in [-0.2, -0.15) is 0 Å². The van der Waals surface area contributed by atoms with Crippen molar-refractivity contribution < 1.29 is 27.9 Å². The minimum Gasteiger partial charge on any atom is -0.497 e. The van der Waals surface area contributed by atoms with Crippen LogP contribution in [0.4, 0.5) is 0 Å². The second-order valence-electron chi connectivity index (χ2n) is 7.70. The summed E-state index contributed by atoms with van der Waals surface area (Å²) in [6, 6.07) is 18.3. The van der Waals surface area contributed by atoms with Crippen molar-refractivity contribution in [3.63, 3.8) is 0 Å². The van der Waals surface area contributed by atoms with Crippen LogP contribution in [-0.2, 0) is 21.2 Å². The number of nitrogens with one attached hydrogen (secondary N) is 2. The molecule has 10 heteroatoms. The molecule has 1 heterocycles. The zero-order chi connectivity index (χ0) is 25.2. The van der Waals surface area contributed by atoms with Gasteiger partial charge in [-0.05, 0) is 42.3 Å². The Labute approximate surface area is 206 Å². The molecule has 35 heavy (non-hydrogen) atoms. The number of carbonyl (C=O) groups is 2. The Hall–Kier alpha value is -3.66. The molecule has 0 radical (unpaired) electrons. The van der Waals surface area contributed by atoms with Crippen LogP contribution in [0.2, 0.25) is 5.02 Å². The van der Waals surface area contributed by atoms with Crippen molar-refractivity contribution in [1.82, 2.24) is 9.71 Å². The first-order valence-corrected chi connectivity index (χ1v) is 12.4. The largest absolute Gasteiger partial charge is 0.497 e. The van der Waals surface area contributed by atoms with E-state index in [-0.39, 0.29) is 27.7 Å². The number of carboxylic acid groups (broad SMARTS) is 1. The summed E-state index contributed by atoms with van der Waals surface area (Å²) in [4.78, 5) is 26.8. The van der Waals surface area contributed by atoms with Gasteiger partial charge in [0.05, 0.1) is 23.4 Å². The lowest BCUT2D eigenvalue weighted by molar-refractivity contribution is -0.131. The zero-order valence-corrected chi connectivity index (χ0v) is 20.1. The predicted molar refractivity (Wildman–Crippen MR) is 133 cm³/mol. The molecule has 1 aromatic heterocycles. The van der Waals surface area contributed by atoms with Crippen molar-refractivity contribution in [3.8, 4) is 17.0 Å². The number of hydrogen-bond acceptors (Lipinski definition) is 5. The standard InChI is InChI=1S/C25H21ClN2O6S/c1-34-17-9-6-15(7-10-17)12-13-27-35(32,33)21-14-16(8-11-19(21)26)23-22(24(29)25(30)31)18-4-2-3-5-20(18)28-23/h2-11,14,27-28H,12-13H2,1H3,(H,30,31). The highest BCUT2D eigenvalue weighted by atomic mass is 35.5. The first-order valence-electron chi connectivity index (χ1n) is 10.5. The Morgan fingerprint density at radius 3 is 2.46 bits per heavy atom. The fraction of sp³-hybridized carbons (Fsp3) is 0.120. The minimum atomic E-state index is -4.01. The number of benzene rings is 3. The predicted octanol–water partition coefficient (Wildman–Crippen LogP) is 4.29. The second-order valence-corrected chi connectivity index (χ2v) is 9.84. The first kappa shape index (κ1) is 24.5. The van der Waals surface area contributed by atoms with E-state index in [0.29, 0.717) is 28.6 Å². The van der Waals surface area contributed by atoms with Crippen LogP contribution in [-0.4, -0.2) is 43.9 Å². The number of ether oxygens (including phenoxy) is 1. The topological polar surface area (TPSA) is 126 Å². The maximum atomic E-state index is 13.0. The molecule has 0 atom stereocenters. The smallest absolute Gasteiger partial charge is 0.377 e. The van der Waals surface area contributed by atoms with Crippen LogP contribution in [0.15, 0.2) is 71.6 Å². The molecular weight excluding hydrogens is 492 g/mol. The van der Waals surface area contributed by atoms with Crippen molar-refractivity contribution in [2.45, 2.75) is 11.3 Å². The van der Waals surface area contributed by atoms with E-state index in [1.807, 2.05) is 12.1 Å². The van der Waals surface area contributed by atoms with Crippen LogP contribution < -0.4 is 9.46 Å². The summed E-state index contributed by atoms with van der Waals surface area (Å²) in [6.07, 6.45) is 0.444.